The summed E-state index contributed by atoms with van der Waals surface area (Å²) in [4.78, 5) is 11.2. The number of carbonyl (C=O) groups is 1. The van der Waals surface area contributed by atoms with E-state index in [-0.39, 0.29) is 11.6 Å². The number of rotatable bonds is 5. The summed E-state index contributed by atoms with van der Waals surface area (Å²) in [6.45, 7) is 2.43. The van der Waals surface area contributed by atoms with Gasteiger partial charge in [-0.25, -0.2) is 9.18 Å². The van der Waals surface area contributed by atoms with E-state index in [2.05, 4.69) is 16.0 Å². The highest BCUT2D eigenvalue weighted by Crippen LogP contribution is 2.11. The van der Waals surface area contributed by atoms with Crippen molar-refractivity contribution in [3.05, 3.63) is 35.1 Å². The Labute approximate surface area is 106 Å². The number of ether oxygens (including phenoxy) is 1. The zero-order valence-electron chi connectivity index (χ0n) is 10.5. The Balaban J connectivity index is 2.73. The van der Waals surface area contributed by atoms with Crippen LogP contribution in [0.4, 0.5) is 4.39 Å². The minimum absolute atomic E-state index is 0.0339. The first-order chi connectivity index (χ1) is 8.62. The van der Waals surface area contributed by atoms with Gasteiger partial charge in [0.2, 0.25) is 0 Å². The van der Waals surface area contributed by atoms with Gasteiger partial charge in [-0.3, -0.25) is 5.32 Å². The molecular formula is C14H16FNO2. The fraction of sp³-hybridized carbons (Fsp3) is 0.357. The van der Waals surface area contributed by atoms with E-state index in [4.69, 9.17) is 6.42 Å². The molecule has 0 saturated carbocycles. The van der Waals surface area contributed by atoms with Crippen LogP contribution in [0.25, 0.3) is 0 Å². The molecule has 0 radical (unpaired) electrons. The van der Waals surface area contributed by atoms with E-state index < -0.39 is 11.8 Å². The molecule has 1 unspecified atom stereocenters. The van der Waals surface area contributed by atoms with Crippen molar-refractivity contribution < 1.29 is 13.9 Å². The molecule has 0 saturated heterocycles. The van der Waals surface area contributed by atoms with E-state index in [0.717, 1.165) is 12.0 Å². The number of carbonyl (C=O) groups excluding carboxylic acids is 1. The SMILES string of the molecule is C#CC(CC)NCc1ccc(C(=O)OC)c(F)c1. The highest BCUT2D eigenvalue weighted by molar-refractivity contribution is 5.89. The maximum Gasteiger partial charge on any atom is 0.340 e. The Morgan fingerprint density at radius 3 is 2.83 bits per heavy atom. The molecule has 0 amide bonds. The molecule has 0 aliphatic carbocycles. The fourth-order valence-electron chi connectivity index (χ4n) is 1.51. The maximum absolute atomic E-state index is 13.6. The van der Waals surface area contributed by atoms with Crippen LogP contribution in [0.1, 0.15) is 29.3 Å². The Bertz CT molecular complexity index is 465. The van der Waals surface area contributed by atoms with Crippen LogP contribution in [-0.4, -0.2) is 19.1 Å². The molecule has 96 valence electrons. The van der Waals surface area contributed by atoms with Gasteiger partial charge in [-0.2, -0.15) is 0 Å². The minimum atomic E-state index is -0.679. The van der Waals surface area contributed by atoms with E-state index in [1.165, 1.54) is 19.2 Å². The molecular weight excluding hydrogens is 233 g/mol. The molecule has 0 spiro atoms. The zero-order chi connectivity index (χ0) is 13.5. The van der Waals surface area contributed by atoms with Crippen LogP contribution >= 0.6 is 0 Å². The molecule has 3 nitrogen and oxygen atoms in total. The molecule has 1 N–H and O–H groups in total. The average Bonchev–Trinajstić information content (AvgIpc) is 2.39. The average molecular weight is 249 g/mol. The van der Waals surface area contributed by atoms with Crippen molar-refractivity contribution in [2.75, 3.05) is 7.11 Å². The highest BCUT2D eigenvalue weighted by atomic mass is 19.1. The first-order valence-corrected chi connectivity index (χ1v) is 5.68. The van der Waals surface area contributed by atoms with Gasteiger partial charge in [0, 0.05) is 6.54 Å². The number of terminal acetylenes is 1. The van der Waals surface area contributed by atoms with Crippen LogP contribution in [0.2, 0.25) is 0 Å². The van der Waals surface area contributed by atoms with Crippen molar-refractivity contribution in [2.24, 2.45) is 0 Å². The summed E-state index contributed by atoms with van der Waals surface area (Å²) in [5, 5.41) is 3.11. The molecule has 0 bridgehead atoms. The lowest BCUT2D eigenvalue weighted by molar-refractivity contribution is 0.0595. The second-order valence-corrected chi connectivity index (χ2v) is 3.81. The van der Waals surface area contributed by atoms with Gasteiger partial charge in [0.05, 0.1) is 18.7 Å². The third-order valence-corrected chi connectivity index (χ3v) is 2.60. The Morgan fingerprint density at radius 1 is 1.61 bits per heavy atom. The summed E-state index contributed by atoms with van der Waals surface area (Å²) in [5.74, 6) is 1.33. The number of hydrogen-bond acceptors (Lipinski definition) is 3. The molecule has 4 heteroatoms. The van der Waals surface area contributed by atoms with E-state index in [9.17, 15) is 9.18 Å². The minimum Gasteiger partial charge on any atom is -0.465 e. The smallest absolute Gasteiger partial charge is 0.340 e. The molecule has 0 aromatic heterocycles. The Hall–Kier alpha value is -1.86. The number of methoxy groups -OCH3 is 1. The molecule has 0 aliphatic heterocycles. The number of esters is 1. The molecule has 1 atom stereocenters. The number of nitrogens with one attached hydrogen (secondary N) is 1. The monoisotopic (exact) mass is 249 g/mol. The van der Waals surface area contributed by atoms with Gasteiger partial charge in [0.1, 0.15) is 5.82 Å². The van der Waals surface area contributed by atoms with Crippen molar-refractivity contribution in [1.29, 1.82) is 0 Å². The van der Waals surface area contributed by atoms with Crippen LogP contribution in [0.3, 0.4) is 0 Å². The van der Waals surface area contributed by atoms with Crippen molar-refractivity contribution in [2.45, 2.75) is 25.9 Å². The van der Waals surface area contributed by atoms with Gasteiger partial charge in [-0.05, 0) is 24.1 Å². The van der Waals surface area contributed by atoms with Crippen molar-refractivity contribution in [1.82, 2.24) is 5.32 Å². The molecule has 1 rings (SSSR count). The van der Waals surface area contributed by atoms with Crippen molar-refractivity contribution >= 4 is 5.97 Å². The van der Waals surface area contributed by atoms with Gasteiger partial charge in [0.15, 0.2) is 0 Å². The zero-order valence-corrected chi connectivity index (χ0v) is 10.5. The topological polar surface area (TPSA) is 38.3 Å². The lowest BCUT2D eigenvalue weighted by Gasteiger charge is -2.11. The molecule has 0 aliphatic rings. The third kappa shape index (κ3) is 3.57. The summed E-state index contributed by atoms with van der Waals surface area (Å²) in [5.41, 5.74) is 0.666. The molecule has 0 heterocycles. The van der Waals surface area contributed by atoms with Gasteiger partial charge >= 0.3 is 5.97 Å². The number of hydrogen-bond donors (Lipinski definition) is 1. The van der Waals surface area contributed by atoms with Crippen molar-refractivity contribution in [3.63, 3.8) is 0 Å². The predicted molar refractivity (Wildman–Crippen MR) is 67.5 cm³/mol. The van der Waals surface area contributed by atoms with Crippen LogP contribution in [-0.2, 0) is 11.3 Å². The highest BCUT2D eigenvalue weighted by Gasteiger charge is 2.12. The molecule has 18 heavy (non-hydrogen) atoms. The third-order valence-electron chi connectivity index (χ3n) is 2.60. The first-order valence-electron chi connectivity index (χ1n) is 5.68. The fourth-order valence-corrected chi connectivity index (χ4v) is 1.51. The van der Waals surface area contributed by atoms with Crippen LogP contribution in [0.15, 0.2) is 18.2 Å². The van der Waals surface area contributed by atoms with Crippen LogP contribution < -0.4 is 5.32 Å². The maximum atomic E-state index is 13.6. The van der Waals surface area contributed by atoms with E-state index >= 15 is 0 Å². The number of halogens is 1. The van der Waals surface area contributed by atoms with Crippen molar-refractivity contribution in [3.8, 4) is 12.3 Å². The van der Waals surface area contributed by atoms with Crippen LogP contribution in [0.5, 0.6) is 0 Å². The van der Waals surface area contributed by atoms with Gasteiger partial charge in [-0.15, -0.1) is 6.42 Å². The summed E-state index contributed by atoms with van der Waals surface area (Å²) >= 11 is 0. The summed E-state index contributed by atoms with van der Waals surface area (Å²) in [7, 11) is 1.22. The normalized spacial score (nSPS) is 11.7. The van der Waals surface area contributed by atoms with Gasteiger partial charge in [-0.1, -0.05) is 18.9 Å². The van der Waals surface area contributed by atoms with Crippen LogP contribution in [0, 0.1) is 18.2 Å². The molecule has 1 aromatic rings. The van der Waals surface area contributed by atoms with Gasteiger partial charge in [0.25, 0.3) is 0 Å². The second-order valence-electron chi connectivity index (χ2n) is 3.81. The van der Waals surface area contributed by atoms with E-state index in [1.54, 1.807) is 6.07 Å². The quantitative estimate of drug-likeness (QED) is 0.641. The lowest BCUT2D eigenvalue weighted by Crippen LogP contribution is -2.26. The molecule has 1 aromatic carbocycles. The summed E-state index contributed by atoms with van der Waals surface area (Å²) < 4.78 is 18.1. The Kier molecular flexibility index (Phi) is 5.34. The molecule has 0 fully saturated rings. The van der Waals surface area contributed by atoms with E-state index in [0.29, 0.717) is 6.54 Å². The largest absolute Gasteiger partial charge is 0.465 e. The number of benzene rings is 1. The first kappa shape index (κ1) is 14.2. The lowest BCUT2D eigenvalue weighted by atomic mass is 10.1. The Morgan fingerprint density at radius 2 is 2.33 bits per heavy atom. The predicted octanol–water partition coefficient (Wildman–Crippen LogP) is 2.11. The summed E-state index contributed by atoms with van der Waals surface area (Å²) in [6, 6.07) is 4.36. The van der Waals surface area contributed by atoms with Gasteiger partial charge < -0.3 is 4.74 Å². The summed E-state index contributed by atoms with van der Waals surface area (Å²) in [6.07, 6.45) is 6.12. The standard InChI is InChI=1S/C14H16FNO2/c1-4-11(5-2)16-9-10-6-7-12(13(15)8-10)14(17)18-3/h1,6-8,11,16H,5,9H2,2-3H3. The van der Waals surface area contributed by atoms with E-state index in [1.807, 2.05) is 6.92 Å². The second kappa shape index (κ2) is 6.77.